The van der Waals surface area contributed by atoms with Crippen molar-refractivity contribution < 1.29 is 72.4 Å². The summed E-state index contributed by atoms with van der Waals surface area (Å²) >= 11 is 18.5. The van der Waals surface area contributed by atoms with Crippen molar-refractivity contribution in [2.75, 3.05) is 0 Å². The van der Waals surface area contributed by atoms with E-state index in [1.807, 2.05) is 0 Å². The van der Waals surface area contributed by atoms with Gasteiger partial charge in [-0.25, -0.2) is 26.3 Å². The summed E-state index contributed by atoms with van der Waals surface area (Å²) in [6.07, 6.45) is 0. The van der Waals surface area contributed by atoms with Gasteiger partial charge in [0.05, 0.1) is 0 Å². The molecular formula is C5KN5S5W. The van der Waals surface area contributed by atoms with Gasteiger partial charge < -0.3 is 63.1 Å². The summed E-state index contributed by atoms with van der Waals surface area (Å²) in [5.74, 6) is 0. The van der Waals surface area contributed by atoms with Crippen LogP contribution in [0.3, 0.4) is 0 Å². The van der Waals surface area contributed by atoms with E-state index in [2.05, 4.69) is 63.1 Å². The first-order valence-corrected chi connectivity index (χ1v) is 4.18. The SMILES string of the molecule is N#C[S-].N#C[S-].N#C[S-].N#C[S-].N#C[S-].[K+].[W+4]. The molecule has 0 heterocycles. The van der Waals surface area contributed by atoms with Crippen molar-refractivity contribution >= 4 is 63.1 Å². The standard InChI is InChI=1S/5CHNS.K.W/c5*2-1-3;;/h5*3H;;/q;;;;;+1;+4/p-5. The molecule has 0 aromatic heterocycles. The molecule has 0 atom stereocenters. The second kappa shape index (κ2) is 123. The molecule has 0 unspecified atom stereocenters. The summed E-state index contributed by atoms with van der Waals surface area (Å²) in [6.45, 7) is 0. The Kier molecular flexibility index (Phi) is 312. The third-order valence-corrected chi connectivity index (χ3v) is 0. The molecule has 0 aliphatic heterocycles. The van der Waals surface area contributed by atoms with Crippen molar-refractivity contribution in [1.82, 2.24) is 0 Å². The molecule has 82 valence electrons. The summed E-state index contributed by atoms with van der Waals surface area (Å²) in [5, 5.41) is 42.3. The van der Waals surface area contributed by atoms with Gasteiger partial charge in [-0.2, -0.15) is 0 Å². The average Bonchev–Trinajstić information content (AvgIpc) is 2.09. The van der Waals surface area contributed by atoms with Gasteiger partial charge in [0.2, 0.25) is 0 Å². The number of thiocyanates is 5. The van der Waals surface area contributed by atoms with Crippen LogP contribution in [0.2, 0.25) is 0 Å². The second-order valence-electron chi connectivity index (χ2n) is 0.456. The molecule has 0 amide bonds. The smallest absolute Gasteiger partial charge is 0.696 e. The third-order valence-electron chi connectivity index (χ3n) is 0. The normalized spacial score (nSPS) is 2.06. The van der Waals surface area contributed by atoms with Crippen molar-refractivity contribution in [3.8, 4) is 27.0 Å². The Balaban J connectivity index is -0.0000000143. The van der Waals surface area contributed by atoms with Gasteiger partial charge in [-0.3, -0.25) is 0 Å². The first kappa shape index (κ1) is 43.0. The van der Waals surface area contributed by atoms with Crippen LogP contribution >= 0.6 is 0 Å². The van der Waals surface area contributed by atoms with E-state index in [4.69, 9.17) is 26.3 Å². The van der Waals surface area contributed by atoms with Crippen molar-refractivity contribution in [2.24, 2.45) is 0 Å². The molecule has 0 rings (SSSR count). The number of hydrogen-bond acceptors (Lipinski definition) is 10. The molecule has 0 bridgehead atoms. The van der Waals surface area contributed by atoms with Crippen molar-refractivity contribution in [2.45, 2.75) is 0 Å². The van der Waals surface area contributed by atoms with E-state index >= 15 is 0 Å². The molecule has 0 aromatic rings. The number of nitriles is 5. The van der Waals surface area contributed by atoms with Crippen molar-refractivity contribution in [1.29, 1.82) is 26.3 Å². The number of nitrogens with zero attached hydrogens (tertiary/aromatic N) is 5. The van der Waals surface area contributed by atoms with E-state index in [9.17, 15) is 0 Å². The molecule has 5 nitrogen and oxygen atoms in total. The van der Waals surface area contributed by atoms with Crippen LogP contribution < -0.4 is 51.4 Å². The maximum absolute atomic E-state index is 7.13. The molecule has 0 fully saturated rings. The minimum Gasteiger partial charge on any atom is -0.696 e. The van der Waals surface area contributed by atoms with Crippen LogP contribution in [-0.2, 0) is 84.2 Å². The van der Waals surface area contributed by atoms with Gasteiger partial charge in [-0.15, -0.1) is 0 Å². The van der Waals surface area contributed by atoms with Crippen LogP contribution in [0.5, 0.6) is 0 Å². The van der Waals surface area contributed by atoms with Crippen LogP contribution in [0.15, 0.2) is 0 Å². The summed E-state index contributed by atoms with van der Waals surface area (Å²) < 4.78 is 0. The Morgan fingerprint density at radius 2 is 0.471 bits per heavy atom. The molecule has 0 aliphatic carbocycles. The zero-order valence-corrected chi connectivity index (χ0v) is 18.3. The molecular weight excluding hydrogens is 513 g/mol. The predicted molar refractivity (Wildman–Crippen MR) is 64.9 cm³/mol. The fraction of sp³-hybridized carbons (Fsp3) is 0. The van der Waals surface area contributed by atoms with E-state index in [0.29, 0.717) is 0 Å². The summed E-state index contributed by atoms with van der Waals surface area (Å²) in [6, 6.07) is 0. The van der Waals surface area contributed by atoms with Gasteiger partial charge in [-0.1, -0.05) is 27.0 Å². The van der Waals surface area contributed by atoms with Crippen molar-refractivity contribution in [3.63, 3.8) is 0 Å². The maximum atomic E-state index is 7.13. The van der Waals surface area contributed by atoms with E-state index < -0.39 is 0 Å². The van der Waals surface area contributed by atoms with E-state index in [1.165, 1.54) is 27.0 Å². The molecule has 0 aliphatic rings. The Morgan fingerprint density at radius 3 is 0.471 bits per heavy atom. The van der Waals surface area contributed by atoms with Crippen molar-refractivity contribution in [3.05, 3.63) is 0 Å². The average molecular weight is 513 g/mol. The molecule has 0 saturated carbocycles. The van der Waals surface area contributed by atoms with E-state index in [-0.39, 0.29) is 72.4 Å². The van der Waals surface area contributed by atoms with Gasteiger partial charge in [0.15, 0.2) is 0 Å². The van der Waals surface area contributed by atoms with Crippen LogP contribution in [0.1, 0.15) is 0 Å². The van der Waals surface area contributed by atoms with Crippen LogP contribution in [0.4, 0.5) is 0 Å². The van der Waals surface area contributed by atoms with Gasteiger partial charge in [0.25, 0.3) is 0 Å². The molecule has 0 spiro atoms. The Labute approximate surface area is 185 Å². The third kappa shape index (κ3) is 4880. The van der Waals surface area contributed by atoms with Crippen LogP contribution in [0, 0.1) is 53.3 Å². The molecule has 0 aromatic carbocycles. The molecule has 12 heteroatoms. The maximum Gasteiger partial charge on any atom is 4.00 e. The summed E-state index contributed by atoms with van der Waals surface area (Å²) in [5.41, 5.74) is 0. The van der Waals surface area contributed by atoms with Gasteiger partial charge in [-0.05, 0) is 0 Å². The fourth-order valence-electron chi connectivity index (χ4n) is 0. The van der Waals surface area contributed by atoms with Gasteiger partial charge in [0.1, 0.15) is 0 Å². The molecule has 0 saturated heterocycles. The van der Waals surface area contributed by atoms with E-state index in [0.717, 1.165) is 0 Å². The topological polar surface area (TPSA) is 119 Å². The van der Waals surface area contributed by atoms with Gasteiger partial charge >= 0.3 is 72.4 Å². The monoisotopic (exact) mass is 513 g/mol. The predicted octanol–water partition coefficient (Wildman–Crippen LogP) is -2.93. The second-order valence-corrected chi connectivity index (χ2v) is 1.37. The Bertz CT molecular complexity index is 212. The minimum absolute atomic E-state index is 0. The van der Waals surface area contributed by atoms with E-state index in [1.54, 1.807) is 0 Å². The Hall–Kier alpha value is 0.875. The quantitative estimate of drug-likeness (QED) is 0.189. The number of hydrogen-bond donors (Lipinski definition) is 0. The molecule has 0 N–H and O–H groups in total. The minimum atomic E-state index is 0. The first-order valence-electron chi connectivity index (χ1n) is 2.14. The Morgan fingerprint density at radius 1 is 0.471 bits per heavy atom. The molecule has 0 radical (unpaired) electrons. The summed E-state index contributed by atoms with van der Waals surface area (Å²) in [4.78, 5) is 0. The largest absolute Gasteiger partial charge is 4.00 e. The van der Waals surface area contributed by atoms with Crippen LogP contribution in [0.25, 0.3) is 0 Å². The molecule has 17 heavy (non-hydrogen) atoms. The fourth-order valence-corrected chi connectivity index (χ4v) is 0. The zero-order chi connectivity index (χ0) is 13.5. The van der Waals surface area contributed by atoms with Crippen LogP contribution in [-0.4, -0.2) is 0 Å². The first-order chi connectivity index (χ1) is 7.07. The van der Waals surface area contributed by atoms with Gasteiger partial charge in [0, 0.05) is 0 Å². The summed E-state index contributed by atoms with van der Waals surface area (Å²) in [7, 11) is 0. The number of rotatable bonds is 0. The zero-order valence-electron chi connectivity index (χ0n) is 8.19.